The standard InChI is InChI=1S/C21H28N2O/c1-24-18-8-13-22-14-16-23(17-15-22)21(19-9-4-2-5-10-19)20-11-6-3-7-12-20/h2-7,9-12,21H,8,13-18H2,1H3. The van der Waals surface area contributed by atoms with Crippen molar-refractivity contribution in [3.63, 3.8) is 0 Å². The molecule has 0 bridgehead atoms. The lowest BCUT2D eigenvalue weighted by molar-refractivity contribution is 0.0990. The molecule has 0 aliphatic carbocycles. The monoisotopic (exact) mass is 324 g/mol. The van der Waals surface area contributed by atoms with Crippen LogP contribution in [0.15, 0.2) is 60.7 Å². The van der Waals surface area contributed by atoms with Crippen molar-refractivity contribution in [2.45, 2.75) is 12.5 Å². The van der Waals surface area contributed by atoms with E-state index in [2.05, 4.69) is 70.5 Å². The predicted octanol–water partition coefficient (Wildman–Crippen LogP) is 3.43. The van der Waals surface area contributed by atoms with Crippen LogP contribution in [0.2, 0.25) is 0 Å². The van der Waals surface area contributed by atoms with Crippen molar-refractivity contribution in [1.82, 2.24) is 9.80 Å². The first-order valence-corrected chi connectivity index (χ1v) is 8.93. The summed E-state index contributed by atoms with van der Waals surface area (Å²) in [6.45, 7) is 6.50. The average Bonchev–Trinajstić information content (AvgIpc) is 2.65. The van der Waals surface area contributed by atoms with Crippen LogP contribution in [0.4, 0.5) is 0 Å². The van der Waals surface area contributed by atoms with Crippen molar-refractivity contribution < 1.29 is 4.74 Å². The number of hydrogen-bond donors (Lipinski definition) is 0. The quantitative estimate of drug-likeness (QED) is 0.726. The number of piperazine rings is 1. The van der Waals surface area contributed by atoms with E-state index in [1.54, 1.807) is 7.11 Å². The third-order valence-corrected chi connectivity index (χ3v) is 4.83. The normalized spacial score (nSPS) is 16.6. The summed E-state index contributed by atoms with van der Waals surface area (Å²) in [5.41, 5.74) is 2.77. The van der Waals surface area contributed by atoms with E-state index in [1.165, 1.54) is 11.1 Å². The van der Waals surface area contributed by atoms with Gasteiger partial charge in [0.15, 0.2) is 0 Å². The lowest BCUT2D eigenvalue weighted by Gasteiger charge is -2.39. The maximum atomic E-state index is 5.17. The Morgan fingerprint density at radius 1 is 0.833 bits per heavy atom. The Labute approximate surface area is 145 Å². The van der Waals surface area contributed by atoms with Crippen LogP contribution in [0.3, 0.4) is 0 Å². The molecule has 3 heteroatoms. The van der Waals surface area contributed by atoms with Crippen LogP contribution < -0.4 is 0 Å². The van der Waals surface area contributed by atoms with E-state index in [4.69, 9.17) is 4.74 Å². The molecule has 0 saturated carbocycles. The van der Waals surface area contributed by atoms with Crippen LogP contribution in [-0.4, -0.2) is 56.2 Å². The molecule has 1 fully saturated rings. The molecule has 24 heavy (non-hydrogen) atoms. The molecule has 1 saturated heterocycles. The molecule has 0 amide bonds. The van der Waals surface area contributed by atoms with E-state index < -0.39 is 0 Å². The van der Waals surface area contributed by atoms with E-state index in [0.717, 1.165) is 45.8 Å². The maximum absolute atomic E-state index is 5.17. The van der Waals surface area contributed by atoms with Gasteiger partial charge in [-0.05, 0) is 17.5 Å². The van der Waals surface area contributed by atoms with Crippen molar-refractivity contribution >= 4 is 0 Å². The van der Waals surface area contributed by atoms with Gasteiger partial charge in [-0.3, -0.25) is 4.90 Å². The summed E-state index contributed by atoms with van der Waals surface area (Å²) in [5, 5.41) is 0. The second-order valence-corrected chi connectivity index (χ2v) is 6.45. The van der Waals surface area contributed by atoms with E-state index in [1.807, 2.05) is 0 Å². The summed E-state index contributed by atoms with van der Waals surface area (Å²) in [4.78, 5) is 5.18. The fourth-order valence-electron chi connectivity index (χ4n) is 3.56. The number of methoxy groups -OCH3 is 1. The van der Waals surface area contributed by atoms with Gasteiger partial charge in [0.2, 0.25) is 0 Å². The molecule has 0 radical (unpaired) electrons. The first kappa shape index (κ1) is 17.2. The zero-order chi connectivity index (χ0) is 16.6. The van der Waals surface area contributed by atoms with Crippen LogP contribution in [0, 0.1) is 0 Å². The van der Waals surface area contributed by atoms with Crippen LogP contribution in [0.25, 0.3) is 0 Å². The largest absolute Gasteiger partial charge is 0.385 e. The van der Waals surface area contributed by atoms with Gasteiger partial charge in [-0.2, -0.15) is 0 Å². The SMILES string of the molecule is COCCCN1CCN(C(c2ccccc2)c2ccccc2)CC1. The third kappa shape index (κ3) is 4.44. The highest BCUT2D eigenvalue weighted by atomic mass is 16.5. The summed E-state index contributed by atoms with van der Waals surface area (Å²) < 4.78 is 5.17. The van der Waals surface area contributed by atoms with Gasteiger partial charge in [-0.1, -0.05) is 60.7 Å². The Hall–Kier alpha value is -1.68. The topological polar surface area (TPSA) is 15.7 Å². The Morgan fingerprint density at radius 2 is 1.38 bits per heavy atom. The average molecular weight is 324 g/mol. The first-order chi connectivity index (χ1) is 11.9. The van der Waals surface area contributed by atoms with Crippen LogP contribution in [-0.2, 0) is 4.74 Å². The highest BCUT2D eigenvalue weighted by Gasteiger charge is 2.25. The second-order valence-electron chi connectivity index (χ2n) is 6.45. The van der Waals surface area contributed by atoms with Gasteiger partial charge in [-0.15, -0.1) is 0 Å². The second kappa shape index (κ2) is 8.97. The van der Waals surface area contributed by atoms with Crippen molar-refractivity contribution in [1.29, 1.82) is 0 Å². The van der Waals surface area contributed by atoms with Gasteiger partial charge in [-0.25, -0.2) is 0 Å². The van der Waals surface area contributed by atoms with Crippen LogP contribution in [0.5, 0.6) is 0 Å². The molecule has 3 nitrogen and oxygen atoms in total. The first-order valence-electron chi connectivity index (χ1n) is 8.93. The highest BCUT2D eigenvalue weighted by Crippen LogP contribution is 2.29. The molecule has 2 aromatic rings. The van der Waals surface area contributed by atoms with Gasteiger partial charge in [0.25, 0.3) is 0 Å². The van der Waals surface area contributed by atoms with Crippen molar-refractivity contribution in [2.75, 3.05) is 46.4 Å². The number of benzene rings is 2. The van der Waals surface area contributed by atoms with Gasteiger partial charge in [0.1, 0.15) is 0 Å². The van der Waals surface area contributed by atoms with Gasteiger partial charge in [0, 0.05) is 46.4 Å². The number of hydrogen-bond acceptors (Lipinski definition) is 3. The summed E-state index contributed by atoms with van der Waals surface area (Å²) in [5.74, 6) is 0. The molecule has 128 valence electrons. The number of nitrogens with zero attached hydrogens (tertiary/aromatic N) is 2. The molecule has 0 atom stereocenters. The minimum Gasteiger partial charge on any atom is -0.385 e. The summed E-state index contributed by atoms with van der Waals surface area (Å²) >= 11 is 0. The highest BCUT2D eigenvalue weighted by molar-refractivity contribution is 5.31. The Bertz CT molecular complexity index is 540. The molecule has 1 aliphatic heterocycles. The summed E-state index contributed by atoms with van der Waals surface area (Å²) in [6.07, 6.45) is 1.12. The van der Waals surface area contributed by atoms with E-state index in [-0.39, 0.29) is 0 Å². The van der Waals surface area contributed by atoms with E-state index in [9.17, 15) is 0 Å². The van der Waals surface area contributed by atoms with E-state index >= 15 is 0 Å². The Morgan fingerprint density at radius 3 is 1.88 bits per heavy atom. The lowest BCUT2D eigenvalue weighted by atomic mass is 9.96. The molecule has 0 unspecified atom stereocenters. The Kier molecular flexibility index (Phi) is 6.41. The number of ether oxygens (including phenoxy) is 1. The summed E-state index contributed by atoms with van der Waals surface area (Å²) in [6, 6.07) is 22.1. The minimum atomic E-state index is 0.355. The predicted molar refractivity (Wildman–Crippen MR) is 99.2 cm³/mol. The van der Waals surface area contributed by atoms with Crippen LogP contribution in [0.1, 0.15) is 23.6 Å². The number of rotatable bonds is 7. The molecule has 0 aromatic heterocycles. The molecule has 0 spiro atoms. The summed E-state index contributed by atoms with van der Waals surface area (Å²) in [7, 11) is 1.78. The van der Waals surface area contributed by atoms with Crippen molar-refractivity contribution in [3.05, 3.63) is 71.8 Å². The lowest BCUT2D eigenvalue weighted by Crippen LogP contribution is -2.48. The minimum absolute atomic E-state index is 0.355. The molecular weight excluding hydrogens is 296 g/mol. The molecule has 0 N–H and O–H groups in total. The fourth-order valence-corrected chi connectivity index (χ4v) is 3.56. The van der Waals surface area contributed by atoms with Gasteiger partial charge < -0.3 is 9.64 Å². The molecule has 2 aromatic carbocycles. The van der Waals surface area contributed by atoms with E-state index in [0.29, 0.717) is 6.04 Å². The fraction of sp³-hybridized carbons (Fsp3) is 0.429. The third-order valence-electron chi connectivity index (χ3n) is 4.83. The van der Waals surface area contributed by atoms with Gasteiger partial charge >= 0.3 is 0 Å². The molecule has 1 aliphatic rings. The molecule has 1 heterocycles. The maximum Gasteiger partial charge on any atom is 0.0602 e. The zero-order valence-electron chi connectivity index (χ0n) is 14.6. The van der Waals surface area contributed by atoms with Crippen molar-refractivity contribution in [2.24, 2.45) is 0 Å². The Balaban J connectivity index is 1.69. The smallest absolute Gasteiger partial charge is 0.0602 e. The molecular formula is C21H28N2O. The van der Waals surface area contributed by atoms with Crippen LogP contribution >= 0.6 is 0 Å². The van der Waals surface area contributed by atoms with Crippen molar-refractivity contribution in [3.8, 4) is 0 Å². The zero-order valence-corrected chi connectivity index (χ0v) is 14.6. The van der Waals surface area contributed by atoms with Gasteiger partial charge in [0.05, 0.1) is 6.04 Å². The molecule has 3 rings (SSSR count).